The lowest BCUT2D eigenvalue weighted by Crippen LogP contribution is -2.36. The van der Waals surface area contributed by atoms with Gasteiger partial charge in [-0.1, -0.05) is 54.6 Å². The van der Waals surface area contributed by atoms with E-state index in [0.717, 1.165) is 22.0 Å². The molecule has 0 aliphatic rings. The van der Waals surface area contributed by atoms with Crippen LogP contribution < -0.4 is 10.1 Å². The molecule has 0 fully saturated rings. The Kier molecular flexibility index (Phi) is 5.06. The molecule has 3 aromatic carbocycles. The van der Waals surface area contributed by atoms with Gasteiger partial charge in [0.25, 0.3) is 5.91 Å². The molecule has 28 heavy (non-hydrogen) atoms. The molecule has 0 saturated heterocycles. The number of para-hydroxylation sites is 1. The van der Waals surface area contributed by atoms with Crippen LogP contribution in [0.2, 0.25) is 0 Å². The van der Waals surface area contributed by atoms with Crippen molar-refractivity contribution in [1.82, 2.24) is 14.9 Å². The fourth-order valence-corrected chi connectivity index (χ4v) is 3.18. The molecule has 0 bridgehead atoms. The molecular formula is C23H21N3O2. The van der Waals surface area contributed by atoms with Crippen LogP contribution in [0.1, 0.15) is 12.5 Å². The third-order valence-corrected chi connectivity index (χ3v) is 4.65. The molecule has 0 aliphatic carbocycles. The number of nitrogens with zero attached hydrogens (tertiary/aromatic N) is 2. The predicted octanol–water partition coefficient (Wildman–Crippen LogP) is 4.11. The van der Waals surface area contributed by atoms with Crippen LogP contribution in [0.3, 0.4) is 0 Å². The lowest BCUT2D eigenvalue weighted by Gasteiger charge is -2.17. The van der Waals surface area contributed by atoms with E-state index in [2.05, 4.69) is 10.3 Å². The van der Waals surface area contributed by atoms with Crippen molar-refractivity contribution < 1.29 is 9.53 Å². The third-order valence-electron chi connectivity index (χ3n) is 4.65. The van der Waals surface area contributed by atoms with Gasteiger partial charge in [0.05, 0.1) is 12.0 Å². The number of imidazole rings is 1. The van der Waals surface area contributed by atoms with Crippen LogP contribution in [0.25, 0.3) is 16.5 Å². The van der Waals surface area contributed by atoms with E-state index >= 15 is 0 Å². The Hall–Kier alpha value is -3.60. The zero-order chi connectivity index (χ0) is 19.3. The summed E-state index contributed by atoms with van der Waals surface area (Å²) in [6, 6.07) is 21.7. The highest BCUT2D eigenvalue weighted by Crippen LogP contribution is 2.26. The number of rotatable bonds is 6. The van der Waals surface area contributed by atoms with Crippen LogP contribution in [0.4, 0.5) is 0 Å². The van der Waals surface area contributed by atoms with E-state index < -0.39 is 6.10 Å². The summed E-state index contributed by atoms with van der Waals surface area (Å²) in [5, 5.41) is 5.05. The predicted molar refractivity (Wildman–Crippen MR) is 109 cm³/mol. The first kappa shape index (κ1) is 17.8. The summed E-state index contributed by atoms with van der Waals surface area (Å²) in [4.78, 5) is 16.7. The molecule has 1 heterocycles. The van der Waals surface area contributed by atoms with Gasteiger partial charge in [-0.2, -0.15) is 0 Å². The second kappa shape index (κ2) is 7.96. The van der Waals surface area contributed by atoms with Crippen molar-refractivity contribution in [1.29, 1.82) is 0 Å². The lowest BCUT2D eigenvalue weighted by atomic mass is 10.1. The van der Waals surface area contributed by atoms with Gasteiger partial charge in [-0.15, -0.1) is 0 Å². The first-order valence-corrected chi connectivity index (χ1v) is 9.21. The minimum absolute atomic E-state index is 0.159. The Bertz CT molecular complexity index is 1080. The molecule has 1 atom stereocenters. The topological polar surface area (TPSA) is 56.1 Å². The van der Waals surface area contributed by atoms with Crippen molar-refractivity contribution >= 4 is 16.7 Å². The number of aromatic nitrogens is 2. The van der Waals surface area contributed by atoms with Crippen LogP contribution in [0.15, 0.2) is 85.5 Å². The smallest absolute Gasteiger partial charge is 0.261 e. The zero-order valence-corrected chi connectivity index (χ0v) is 15.6. The number of hydrogen-bond donors (Lipinski definition) is 1. The number of amides is 1. The third kappa shape index (κ3) is 3.74. The van der Waals surface area contributed by atoms with Gasteiger partial charge in [-0.25, -0.2) is 4.98 Å². The summed E-state index contributed by atoms with van der Waals surface area (Å²) in [7, 11) is 0. The summed E-state index contributed by atoms with van der Waals surface area (Å²) in [6.07, 6.45) is 4.75. The van der Waals surface area contributed by atoms with Crippen LogP contribution in [0, 0.1) is 0 Å². The van der Waals surface area contributed by atoms with Crippen molar-refractivity contribution in [3.8, 4) is 11.4 Å². The van der Waals surface area contributed by atoms with Crippen LogP contribution >= 0.6 is 0 Å². The minimum atomic E-state index is -0.605. The lowest BCUT2D eigenvalue weighted by molar-refractivity contribution is -0.127. The van der Waals surface area contributed by atoms with Crippen LogP contribution in [-0.2, 0) is 11.3 Å². The van der Waals surface area contributed by atoms with Gasteiger partial charge in [0.15, 0.2) is 6.10 Å². The molecule has 1 amide bonds. The molecule has 0 aliphatic heterocycles. The van der Waals surface area contributed by atoms with E-state index in [4.69, 9.17) is 4.74 Å². The average molecular weight is 371 g/mol. The molecule has 1 N–H and O–H groups in total. The standard InChI is InChI=1S/C23H21N3O2/c1-17(28-22-12-6-9-18-7-2-4-10-20(18)22)23(27)25-15-19-8-3-5-11-21(19)26-14-13-24-16-26/h2-14,16-17H,15H2,1H3,(H,25,27)/t17-/m1/s1. The number of nitrogens with one attached hydrogen (secondary N) is 1. The summed E-state index contributed by atoms with van der Waals surface area (Å²) in [5.74, 6) is 0.549. The summed E-state index contributed by atoms with van der Waals surface area (Å²) in [5.41, 5.74) is 1.99. The van der Waals surface area contributed by atoms with Gasteiger partial charge in [0.1, 0.15) is 5.75 Å². The summed E-state index contributed by atoms with van der Waals surface area (Å²) < 4.78 is 7.88. The first-order chi connectivity index (χ1) is 13.7. The number of carbonyl (C=O) groups excluding carboxylic acids is 1. The highest BCUT2D eigenvalue weighted by molar-refractivity contribution is 5.89. The number of benzene rings is 3. The van der Waals surface area contributed by atoms with E-state index in [9.17, 15) is 4.79 Å². The maximum absolute atomic E-state index is 12.6. The Morgan fingerprint density at radius 1 is 1.07 bits per heavy atom. The van der Waals surface area contributed by atoms with Gasteiger partial charge in [0.2, 0.25) is 0 Å². The van der Waals surface area contributed by atoms with Gasteiger partial charge < -0.3 is 14.6 Å². The molecule has 4 aromatic rings. The molecule has 140 valence electrons. The van der Waals surface area contributed by atoms with Crippen molar-refractivity contribution in [2.24, 2.45) is 0 Å². The van der Waals surface area contributed by atoms with E-state index in [1.165, 1.54) is 0 Å². The van der Waals surface area contributed by atoms with Gasteiger partial charge in [-0.05, 0) is 30.0 Å². The van der Waals surface area contributed by atoms with Gasteiger partial charge >= 0.3 is 0 Å². The number of ether oxygens (including phenoxy) is 1. The molecule has 0 radical (unpaired) electrons. The molecule has 0 saturated carbocycles. The number of carbonyl (C=O) groups is 1. The van der Waals surface area contributed by atoms with Crippen LogP contribution in [0.5, 0.6) is 5.75 Å². The monoisotopic (exact) mass is 371 g/mol. The maximum Gasteiger partial charge on any atom is 0.261 e. The zero-order valence-electron chi connectivity index (χ0n) is 15.6. The van der Waals surface area contributed by atoms with E-state index in [0.29, 0.717) is 12.3 Å². The van der Waals surface area contributed by atoms with Crippen molar-refractivity contribution in [2.45, 2.75) is 19.6 Å². The highest BCUT2D eigenvalue weighted by Gasteiger charge is 2.16. The molecule has 0 spiro atoms. The second-order valence-electron chi connectivity index (χ2n) is 6.55. The molecule has 4 rings (SSSR count). The van der Waals surface area contributed by atoms with Gasteiger partial charge in [0, 0.05) is 24.3 Å². The number of fused-ring (bicyclic) bond motifs is 1. The van der Waals surface area contributed by atoms with Crippen molar-refractivity contribution in [3.63, 3.8) is 0 Å². The highest BCUT2D eigenvalue weighted by atomic mass is 16.5. The largest absolute Gasteiger partial charge is 0.480 e. The van der Waals surface area contributed by atoms with E-state index in [1.54, 1.807) is 19.4 Å². The van der Waals surface area contributed by atoms with E-state index in [-0.39, 0.29) is 5.91 Å². The van der Waals surface area contributed by atoms with Crippen LogP contribution in [-0.4, -0.2) is 21.6 Å². The van der Waals surface area contributed by atoms with Gasteiger partial charge in [-0.3, -0.25) is 4.79 Å². The Labute approximate surface area is 163 Å². The Morgan fingerprint density at radius 2 is 1.86 bits per heavy atom. The fraction of sp³-hybridized carbons (Fsp3) is 0.130. The van der Waals surface area contributed by atoms with Crippen molar-refractivity contribution in [2.75, 3.05) is 0 Å². The number of hydrogen-bond acceptors (Lipinski definition) is 3. The second-order valence-corrected chi connectivity index (χ2v) is 6.55. The first-order valence-electron chi connectivity index (χ1n) is 9.21. The van der Waals surface area contributed by atoms with E-state index in [1.807, 2.05) is 77.5 Å². The molecule has 5 nitrogen and oxygen atoms in total. The van der Waals surface area contributed by atoms with Crippen molar-refractivity contribution in [3.05, 3.63) is 91.0 Å². The molecule has 1 aromatic heterocycles. The maximum atomic E-state index is 12.6. The SMILES string of the molecule is C[C@@H](Oc1cccc2ccccc12)C(=O)NCc1ccccc1-n1ccnc1. The quantitative estimate of drug-likeness (QED) is 0.555. The molecule has 5 heteroatoms. The Morgan fingerprint density at radius 3 is 2.71 bits per heavy atom. The normalized spacial score (nSPS) is 11.9. The average Bonchev–Trinajstić information content (AvgIpc) is 3.27. The Balaban J connectivity index is 1.45. The summed E-state index contributed by atoms with van der Waals surface area (Å²) >= 11 is 0. The fourth-order valence-electron chi connectivity index (χ4n) is 3.18. The molecular weight excluding hydrogens is 350 g/mol. The summed E-state index contributed by atoms with van der Waals surface area (Å²) in [6.45, 7) is 2.18. The molecule has 0 unspecified atom stereocenters. The minimum Gasteiger partial charge on any atom is -0.480 e.